The molecule has 1 aromatic rings. The topological polar surface area (TPSA) is 60.9 Å². The van der Waals surface area contributed by atoms with Gasteiger partial charge in [-0.1, -0.05) is 13.8 Å². The lowest BCUT2D eigenvalue weighted by Gasteiger charge is -2.09. The minimum atomic E-state index is 0.0294. The molecule has 0 spiro atoms. The Kier molecular flexibility index (Phi) is 3.06. The maximum atomic E-state index is 11.7. The van der Waals surface area contributed by atoms with Gasteiger partial charge in [0.05, 0.1) is 0 Å². The van der Waals surface area contributed by atoms with Gasteiger partial charge in [0, 0.05) is 18.2 Å². The van der Waals surface area contributed by atoms with Crippen LogP contribution < -0.4 is 5.73 Å². The van der Waals surface area contributed by atoms with Crippen LogP contribution >= 0.6 is 0 Å². The Hall–Kier alpha value is -1.32. The summed E-state index contributed by atoms with van der Waals surface area (Å²) in [5.74, 6) is 0.473. The van der Waals surface area contributed by atoms with Crippen LogP contribution in [0.5, 0.6) is 0 Å². The first-order chi connectivity index (χ1) is 6.19. The molecule has 4 nitrogen and oxygen atoms in total. The van der Waals surface area contributed by atoms with Crippen LogP contribution in [0.25, 0.3) is 0 Å². The molecule has 0 radical (unpaired) electrons. The standard InChI is InChI=1S/C9H15N3O/c1-3-7(4-2)9(13)12-6-5-8(10)11-12/h5-7H,3-4H2,1-2H3,(H2,10,11). The highest BCUT2D eigenvalue weighted by molar-refractivity contribution is 5.80. The van der Waals surface area contributed by atoms with Crippen molar-refractivity contribution < 1.29 is 4.79 Å². The summed E-state index contributed by atoms with van der Waals surface area (Å²) >= 11 is 0. The average molecular weight is 181 g/mol. The summed E-state index contributed by atoms with van der Waals surface area (Å²) in [6, 6.07) is 1.63. The van der Waals surface area contributed by atoms with Gasteiger partial charge >= 0.3 is 0 Å². The Morgan fingerprint density at radius 1 is 1.62 bits per heavy atom. The van der Waals surface area contributed by atoms with Gasteiger partial charge in [0.15, 0.2) is 0 Å². The number of rotatable bonds is 3. The Morgan fingerprint density at radius 2 is 2.23 bits per heavy atom. The molecule has 72 valence electrons. The van der Waals surface area contributed by atoms with Crippen molar-refractivity contribution in [3.8, 4) is 0 Å². The second-order valence-corrected chi connectivity index (χ2v) is 3.04. The SMILES string of the molecule is CCC(CC)C(=O)n1ccc(N)n1. The molecule has 0 atom stereocenters. The van der Waals surface area contributed by atoms with E-state index in [1.807, 2.05) is 13.8 Å². The molecule has 0 saturated heterocycles. The van der Waals surface area contributed by atoms with E-state index in [9.17, 15) is 4.79 Å². The monoisotopic (exact) mass is 181 g/mol. The van der Waals surface area contributed by atoms with Crippen molar-refractivity contribution in [2.75, 3.05) is 5.73 Å². The number of carbonyl (C=O) groups excluding carboxylic acids is 1. The van der Waals surface area contributed by atoms with Crippen molar-refractivity contribution in [1.29, 1.82) is 0 Å². The first-order valence-corrected chi connectivity index (χ1v) is 4.54. The van der Waals surface area contributed by atoms with Crippen LogP contribution in [0, 0.1) is 5.92 Å². The third kappa shape index (κ3) is 2.08. The van der Waals surface area contributed by atoms with Crippen molar-refractivity contribution in [2.24, 2.45) is 5.92 Å². The lowest BCUT2D eigenvalue weighted by molar-refractivity contribution is 0.0810. The second kappa shape index (κ2) is 4.07. The average Bonchev–Trinajstić information content (AvgIpc) is 2.54. The molecule has 0 fully saturated rings. The zero-order valence-electron chi connectivity index (χ0n) is 8.03. The minimum Gasteiger partial charge on any atom is -0.382 e. The quantitative estimate of drug-likeness (QED) is 0.769. The van der Waals surface area contributed by atoms with Crippen LogP contribution in [0.4, 0.5) is 5.82 Å². The number of nitrogen functional groups attached to an aromatic ring is 1. The Labute approximate surface area is 77.7 Å². The van der Waals surface area contributed by atoms with E-state index in [0.717, 1.165) is 12.8 Å². The molecule has 0 aromatic carbocycles. The highest BCUT2D eigenvalue weighted by Gasteiger charge is 2.16. The number of aromatic nitrogens is 2. The predicted octanol–water partition coefficient (Wildman–Crippen LogP) is 1.54. The first-order valence-electron chi connectivity index (χ1n) is 4.54. The molecule has 1 aromatic heterocycles. The Bertz CT molecular complexity index is 289. The molecule has 4 heteroatoms. The van der Waals surface area contributed by atoms with Gasteiger partial charge < -0.3 is 5.73 Å². The van der Waals surface area contributed by atoms with Gasteiger partial charge in [-0.25, -0.2) is 4.68 Å². The van der Waals surface area contributed by atoms with E-state index in [4.69, 9.17) is 5.73 Å². The highest BCUT2D eigenvalue weighted by atomic mass is 16.2. The molecule has 0 aliphatic carbocycles. The van der Waals surface area contributed by atoms with Gasteiger partial charge in [-0.2, -0.15) is 0 Å². The lowest BCUT2D eigenvalue weighted by atomic mass is 10.0. The number of carbonyl (C=O) groups is 1. The fourth-order valence-electron chi connectivity index (χ4n) is 1.29. The highest BCUT2D eigenvalue weighted by Crippen LogP contribution is 2.10. The molecule has 13 heavy (non-hydrogen) atoms. The summed E-state index contributed by atoms with van der Waals surface area (Å²) in [4.78, 5) is 11.7. The molecule has 0 unspecified atom stereocenters. The smallest absolute Gasteiger partial charge is 0.249 e. The number of hydrogen-bond acceptors (Lipinski definition) is 3. The predicted molar refractivity (Wildman–Crippen MR) is 51.3 cm³/mol. The molecule has 0 aliphatic heterocycles. The molecule has 0 saturated carbocycles. The third-order valence-corrected chi connectivity index (χ3v) is 2.17. The van der Waals surface area contributed by atoms with E-state index < -0.39 is 0 Å². The largest absolute Gasteiger partial charge is 0.382 e. The van der Waals surface area contributed by atoms with Crippen LogP contribution in [-0.2, 0) is 0 Å². The van der Waals surface area contributed by atoms with Crippen LogP contribution in [-0.4, -0.2) is 15.7 Å². The maximum absolute atomic E-state index is 11.7. The first kappa shape index (κ1) is 9.77. The van der Waals surface area contributed by atoms with E-state index in [0.29, 0.717) is 5.82 Å². The van der Waals surface area contributed by atoms with E-state index in [-0.39, 0.29) is 11.8 Å². The summed E-state index contributed by atoms with van der Waals surface area (Å²) in [7, 11) is 0. The van der Waals surface area contributed by atoms with Crippen molar-refractivity contribution in [2.45, 2.75) is 26.7 Å². The van der Waals surface area contributed by atoms with Gasteiger partial charge in [-0.05, 0) is 12.8 Å². The number of anilines is 1. The van der Waals surface area contributed by atoms with Gasteiger partial charge in [0.1, 0.15) is 5.82 Å². The summed E-state index contributed by atoms with van der Waals surface area (Å²) in [6.07, 6.45) is 3.29. The fourth-order valence-corrected chi connectivity index (χ4v) is 1.29. The summed E-state index contributed by atoms with van der Waals surface area (Å²) in [6.45, 7) is 4.00. The number of hydrogen-bond donors (Lipinski definition) is 1. The van der Waals surface area contributed by atoms with E-state index in [1.165, 1.54) is 4.68 Å². The zero-order chi connectivity index (χ0) is 9.84. The van der Waals surface area contributed by atoms with Gasteiger partial charge in [0.25, 0.3) is 0 Å². The molecule has 0 amide bonds. The van der Waals surface area contributed by atoms with Crippen molar-refractivity contribution in [1.82, 2.24) is 9.78 Å². The third-order valence-electron chi connectivity index (χ3n) is 2.17. The number of nitrogens with two attached hydrogens (primary N) is 1. The van der Waals surface area contributed by atoms with Crippen LogP contribution in [0.2, 0.25) is 0 Å². The second-order valence-electron chi connectivity index (χ2n) is 3.04. The fraction of sp³-hybridized carbons (Fsp3) is 0.556. The molecular weight excluding hydrogens is 166 g/mol. The molecule has 0 aliphatic rings. The van der Waals surface area contributed by atoms with Crippen molar-refractivity contribution >= 4 is 11.7 Å². The summed E-state index contributed by atoms with van der Waals surface area (Å²) in [5, 5.41) is 3.87. The summed E-state index contributed by atoms with van der Waals surface area (Å²) in [5.41, 5.74) is 5.42. The van der Waals surface area contributed by atoms with Crippen molar-refractivity contribution in [3.05, 3.63) is 12.3 Å². The van der Waals surface area contributed by atoms with Crippen LogP contribution in [0.15, 0.2) is 12.3 Å². The van der Waals surface area contributed by atoms with Gasteiger partial charge in [0.2, 0.25) is 5.91 Å². The molecule has 0 bridgehead atoms. The van der Waals surface area contributed by atoms with Crippen LogP contribution in [0.1, 0.15) is 31.5 Å². The minimum absolute atomic E-state index is 0.0294. The van der Waals surface area contributed by atoms with Crippen LogP contribution in [0.3, 0.4) is 0 Å². The molecule has 2 N–H and O–H groups in total. The zero-order valence-corrected chi connectivity index (χ0v) is 8.03. The number of nitrogens with zero attached hydrogens (tertiary/aromatic N) is 2. The lowest BCUT2D eigenvalue weighted by Crippen LogP contribution is -2.21. The molecular formula is C9H15N3O. The maximum Gasteiger partial charge on any atom is 0.249 e. The van der Waals surface area contributed by atoms with E-state index in [1.54, 1.807) is 12.3 Å². The molecule has 1 rings (SSSR count). The normalized spacial score (nSPS) is 10.7. The summed E-state index contributed by atoms with van der Waals surface area (Å²) < 4.78 is 1.33. The van der Waals surface area contributed by atoms with Crippen molar-refractivity contribution in [3.63, 3.8) is 0 Å². The Morgan fingerprint density at radius 3 is 2.62 bits per heavy atom. The van der Waals surface area contributed by atoms with E-state index in [2.05, 4.69) is 5.10 Å². The van der Waals surface area contributed by atoms with E-state index >= 15 is 0 Å². The van der Waals surface area contributed by atoms with Gasteiger partial charge in [-0.3, -0.25) is 4.79 Å². The molecule has 1 heterocycles. The van der Waals surface area contributed by atoms with Gasteiger partial charge in [-0.15, -0.1) is 5.10 Å². The Balaban J connectivity index is 2.78.